The van der Waals surface area contributed by atoms with Gasteiger partial charge in [-0.1, -0.05) is 11.6 Å². The van der Waals surface area contributed by atoms with Crippen molar-refractivity contribution in [3.8, 4) is 0 Å². The molecular weight excluding hydrogens is 330 g/mol. The molecule has 0 amide bonds. The molecule has 0 spiro atoms. The molecular formula is C14H18ClNO5S. The number of aromatic carboxylic acids is 1. The van der Waals surface area contributed by atoms with Crippen LogP contribution in [0, 0.1) is 12.8 Å². The lowest BCUT2D eigenvalue weighted by Gasteiger charge is -2.21. The van der Waals surface area contributed by atoms with Gasteiger partial charge < -0.3 is 9.84 Å². The van der Waals surface area contributed by atoms with Crippen molar-refractivity contribution in [1.82, 2.24) is 4.31 Å². The Morgan fingerprint density at radius 2 is 2.18 bits per heavy atom. The number of sulfonamides is 1. The van der Waals surface area contributed by atoms with Crippen LogP contribution in [0.25, 0.3) is 0 Å². The average molecular weight is 348 g/mol. The number of hydrogen-bond donors (Lipinski definition) is 1. The number of ether oxygens (including phenoxy) is 1. The van der Waals surface area contributed by atoms with Crippen molar-refractivity contribution in [2.45, 2.75) is 18.2 Å². The smallest absolute Gasteiger partial charge is 0.336 e. The number of carboxylic acids is 1. The van der Waals surface area contributed by atoms with Crippen LogP contribution < -0.4 is 0 Å². The molecule has 2 rings (SSSR count). The average Bonchev–Trinajstić information content (AvgIpc) is 2.93. The Hall–Kier alpha value is -1.15. The molecule has 1 fully saturated rings. The van der Waals surface area contributed by atoms with Gasteiger partial charge in [0.15, 0.2) is 0 Å². The Morgan fingerprint density at radius 1 is 1.50 bits per heavy atom. The van der Waals surface area contributed by atoms with Crippen molar-refractivity contribution >= 4 is 27.6 Å². The van der Waals surface area contributed by atoms with Crippen LogP contribution in [0.2, 0.25) is 5.02 Å². The van der Waals surface area contributed by atoms with E-state index in [1.807, 2.05) is 0 Å². The summed E-state index contributed by atoms with van der Waals surface area (Å²) in [5, 5.41) is 9.25. The normalized spacial score (nSPS) is 18.8. The van der Waals surface area contributed by atoms with Crippen LogP contribution in [0.5, 0.6) is 0 Å². The summed E-state index contributed by atoms with van der Waals surface area (Å²) in [7, 11) is -2.33. The molecule has 0 bridgehead atoms. The number of carbonyl (C=O) groups is 1. The molecule has 8 heteroatoms. The zero-order valence-corrected chi connectivity index (χ0v) is 13.9. The number of halogens is 1. The van der Waals surface area contributed by atoms with Gasteiger partial charge in [0.25, 0.3) is 0 Å². The minimum Gasteiger partial charge on any atom is -0.478 e. The maximum atomic E-state index is 12.7. The van der Waals surface area contributed by atoms with Gasteiger partial charge in [-0.2, -0.15) is 0 Å². The number of rotatable bonds is 5. The molecule has 1 N–H and O–H groups in total. The van der Waals surface area contributed by atoms with Gasteiger partial charge in [0.05, 0.1) is 17.1 Å². The molecule has 1 heterocycles. The predicted molar refractivity (Wildman–Crippen MR) is 81.9 cm³/mol. The quantitative estimate of drug-likeness (QED) is 0.880. The summed E-state index contributed by atoms with van der Waals surface area (Å²) in [6.07, 6.45) is 0.814. The van der Waals surface area contributed by atoms with Crippen molar-refractivity contribution < 1.29 is 23.1 Å². The molecule has 1 saturated heterocycles. The van der Waals surface area contributed by atoms with E-state index in [2.05, 4.69) is 0 Å². The van der Waals surface area contributed by atoms with Crippen molar-refractivity contribution in [2.24, 2.45) is 5.92 Å². The van der Waals surface area contributed by atoms with Crippen molar-refractivity contribution in [1.29, 1.82) is 0 Å². The Balaban J connectivity index is 2.38. The van der Waals surface area contributed by atoms with Gasteiger partial charge in [0.2, 0.25) is 10.0 Å². The largest absolute Gasteiger partial charge is 0.478 e. The number of hydrogen-bond acceptors (Lipinski definition) is 4. The Labute approximate surface area is 134 Å². The third kappa shape index (κ3) is 3.43. The second-order valence-corrected chi connectivity index (χ2v) is 7.85. The van der Waals surface area contributed by atoms with Gasteiger partial charge >= 0.3 is 5.97 Å². The molecule has 1 aliphatic rings. The molecule has 0 aliphatic carbocycles. The highest BCUT2D eigenvalue weighted by molar-refractivity contribution is 7.89. The lowest BCUT2D eigenvalue weighted by atomic mass is 10.1. The topological polar surface area (TPSA) is 83.9 Å². The van der Waals surface area contributed by atoms with Gasteiger partial charge in [0.1, 0.15) is 0 Å². The Morgan fingerprint density at radius 3 is 2.73 bits per heavy atom. The molecule has 1 aliphatic heterocycles. The highest BCUT2D eigenvalue weighted by Crippen LogP contribution is 2.27. The fourth-order valence-electron chi connectivity index (χ4n) is 2.50. The molecule has 1 aromatic carbocycles. The zero-order valence-electron chi connectivity index (χ0n) is 12.4. The molecule has 1 unspecified atom stereocenters. The van der Waals surface area contributed by atoms with Gasteiger partial charge in [-0.05, 0) is 37.0 Å². The van der Waals surface area contributed by atoms with E-state index in [9.17, 15) is 13.2 Å². The molecule has 0 aromatic heterocycles. The van der Waals surface area contributed by atoms with Crippen molar-refractivity contribution in [3.05, 3.63) is 28.3 Å². The fraction of sp³-hybridized carbons (Fsp3) is 0.500. The minimum atomic E-state index is -3.81. The Kier molecular flexibility index (Phi) is 5.11. The van der Waals surface area contributed by atoms with Gasteiger partial charge in [-0.25, -0.2) is 17.5 Å². The van der Waals surface area contributed by atoms with E-state index >= 15 is 0 Å². The lowest BCUT2D eigenvalue weighted by Crippen LogP contribution is -2.32. The maximum absolute atomic E-state index is 12.7. The molecule has 1 aromatic rings. The summed E-state index contributed by atoms with van der Waals surface area (Å²) >= 11 is 5.88. The highest BCUT2D eigenvalue weighted by atomic mass is 35.5. The second-order valence-electron chi connectivity index (χ2n) is 5.40. The first-order valence-corrected chi connectivity index (χ1v) is 8.63. The minimum absolute atomic E-state index is 0.0705. The molecule has 0 saturated carbocycles. The molecule has 6 nitrogen and oxygen atoms in total. The number of nitrogens with zero attached hydrogens (tertiary/aromatic N) is 1. The summed E-state index contributed by atoms with van der Waals surface area (Å²) in [5.41, 5.74) is 0.0788. The fourth-order valence-corrected chi connectivity index (χ4v) is 4.30. The second kappa shape index (κ2) is 6.54. The van der Waals surface area contributed by atoms with E-state index in [4.69, 9.17) is 21.4 Å². The summed E-state index contributed by atoms with van der Waals surface area (Å²) < 4.78 is 31.9. The SMILES string of the molecule is Cc1c(C(=O)O)cc(Cl)cc1S(=O)(=O)N(C)CC1CCOC1. The maximum Gasteiger partial charge on any atom is 0.336 e. The van der Waals surface area contributed by atoms with E-state index in [1.54, 1.807) is 0 Å². The highest BCUT2D eigenvalue weighted by Gasteiger charge is 2.29. The van der Waals surface area contributed by atoms with E-state index in [1.165, 1.54) is 30.4 Å². The van der Waals surface area contributed by atoms with Crippen LogP contribution in [-0.2, 0) is 14.8 Å². The predicted octanol–water partition coefficient (Wildman–Crippen LogP) is 2.00. The molecule has 122 valence electrons. The summed E-state index contributed by atoms with van der Waals surface area (Å²) in [6.45, 7) is 2.97. The first kappa shape index (κ1) is 17.2. The van der Waals surface area contributed by atoms with Gasteiger partial charge in [-0.15, -0.1) is 0 Å². The van der Waals surface area contributed by atoms with Crippen LogP contribution in [0.3, 0.4) is 0 Å². The standard InChI is InChI=1S/C14H18ClNO5S/c1-9-12(14(17)18)5-11(15)6-13(9)22(19,20)16(2)7-10-3-4-21-8-10/h5-6,10H,3-4,7-8H2,1-2H3,(H,17,18). The van der Waals surface area contributed by atoms with Crippen LogP contribution in [0.15, 0.2) is 17.0 Å². The monoisotopic (exact) mass is 347 g/mol. The first-order chi connectivity index (χ1) is 10.2. The summed E-state index contributed by atoms with van der Waals surface area (Å²) in [4.78, 5) is 11.1. The molecule has 1 atom stereocenters. The van der Waals surface area contributed by atoms with Gasteiger partial charge in [-0.3, -0.25) is 0 Å². The van der Waals surface area contributed by atoms with E-state index in [0.29, 0.717) is 19.8 Å². The third-order valence-electron chi connectivity index (χ3n) is 3.78. The third-order valence-corrected chi connectivity index (χ3v) is 5.95. The van der Waals surface area contributed by atoms with Gasteiger partial charge in [0, 0.05) is 25.2 Å². The summed E-state index contributed by atoms with van der Waals surface area (Å²) in [5.74, 6) is -1.05. The Bertz CT molecular complexity index is 683. The molecule has 0 radical (unpaired) electrons. The van der Waals surface area contributed by atoms with Crippen LogP contribution >= 0.6 is 11.6 Å². The van der Waals surface area contributed by atoms with Crippen molar-refractivity contribution in [3.63, 3.8) is 0 Å². The van der Waals surface area contributed by atoms with E-state index in [-0.39, 0.29) is 27.0 Å². The van der Waals surface area contributed by atoms with E-state index < -0.39 is 16.0 Å². The molecule has 22 heavy (non-hydrogen) atoms. The van der Waals surface area contributed by atoms with Crippen LogP contribution in [-0.4, -0.2) is 50.6 Å². The number of benzene rings is 1. The van der Waals surface area contributed by atoms with Crippen LogP contribution in [0.4, 0.5) is 0 Å². The zero-order chi connectivity index (χ0) is 16.5. The lowest BCUT2D eigenvalue weighted by molar-refractivity contribution is 0.0696. The summed E-state index contributed by atoms with van der Waals surface area (Å²) in [6, 6.07) is 2.55. The first-order valence-electron chi connectivity index (χ1n) is 6.81. The van der Waals surface area contributed by atoms with Crippen molar-refractivity contribution in [2.75, 3.05) is 26.8 Å². The number of carboxylic acid groups (broad SMARTS) is 1. The van der Waals surface area contributed by atoms with E-state index in [0.717, 1.165) is 6.42 Å². The van der Waals surface area contributed by atoms with Crippen LogP contribution in [0.1, 0.15) is 22.3 Å².